The first-order valence-electron chi connectivity index (χ1n) is 18.6. The molecule has 0 aromatic rings. The van der Waals surface area contributed by atoms with E-state index in [-0.39, 0.29) is 25.8 Å². The van der Waals surface area contributed by atoms with E-state index in [0.717, 1.165) is 44.9 Å². The molecular formula is C37H72NO7P. The number of carbonyl (C=O) groups excluding carboxylic acids is 1. The van der Waals surface area contributed by atoms with Crippen LogP contribution in [0.3, 0.4) is 0 Å². The number of quaternary nitrogens is 1. The summed E-state index contributed by atoms with van der Waals surface area (Å²) in [5.41, 5.74) is 0. The van der Waals surface area contributed by atoms with Crippen molar-refractivity contribution in [1.29, 1.82) is 0 Å². The quantitative estimate of drug-likeness (QED) is 0.0221. The van der Waals surface area contributed by atoms with Crippen LogP contribution >= 0.6 is 7.82 Å². The van der Waals surface area contributed by atoms with Gasteiger partial charge in [-0.25, -0.2) is 0 Å². The van der Waals surface area contributed by atoms with Crippen LogP contribution in [0.5, 0.6) is 0 Å². The molecule has 272 valence electrons. The minimum atomic E-state index is -4.50. The average Bonchev–Trinajstić information content (AvgIpc) is 2.99. The number of rotatable bonds is 34. The molecule has 0 radical (unpaired) electrons. The lowest BCUT2D eigenvalue weighted by atomic mass is 10.1. The van der Waals surface area contributed by atoms with E-state index in [4.69, 9.17) is 18.5 Å². The van der Waals surface area contributed by atoms with Crippen LogP contribution in [0.2, 0.25) is 0 Å². The lowest BCUT2D eigenvalue weighted by molar-refractivity contribution is -0.870. The molecule has 8 nitrogen and oxygen atoms in total. The van der Waals surface area contributed by atoms with Crippen molar-refractivity contribution < 1.29 is 37.3 Å². The zero-order valence-electron chi connectivity index (χ0n) is 30.5. The van der Waals surface area contributed by atoms with Crippen molar-refractivity contribution in [3.8, 4) is 0 Å². The van der Waals surface area contributed by atoms with Crippen molar-refractivity contribution in [1.82, 2.24) is 0 Å². The Labute approximate surface area is 283 Å². The smallest absolute Gasteiger partial charge is 0.306 e. The predicted molar refractivity (Wildman–Crippen MR) is 190 cm³/mol. The minimum absolute atomic E-state index is 0.0260. The highest BCUT2D eigenvalue weighted by Gasteiger charge is 2.20. The van der Waals surface area contributed by atoms with Gasteiger partial charge in [-0.1, -0.05) is 122 Å². The van der Waals surface area contributed by atoms with Gasteiger partial charge in [-0.2, -0.15) is 0 Å². The third-order valence-electron chi connectivity index (χ3n) is 7.76. The van der Waals surface area contributed by atoms with Crippen molar-refractivity contribution in [3.63, 3.8) is 0 Å². The van der Waals surface area contributed by atoms with Gasteiger partial charge in [0.15, 0.2) is 0 Å². The number of esters is 1. The zero-order chi connectivity index (χ0) is 34.2. The van der Waals surface area contributed by atoms with Gasteiger partial charge < -0.3 is 27.9 Å². The van der Waals surface area contributed by atoms with Crippen LogP contribution in [0.15, 0.2) is 24.3 Å². The van der Waals surface area contributed by atoms with E-state index in [0.29, 0.717) is 24.1 Å². The topological polar surface area (TPSA) is 94.1 Å². The predicted octanol–water partition coefficient (Wildman–Crippen LogP) is 9.47. The fraction of sp³-hybridized carbons (Fsp3) is 0.865. The Hall–Kier alpha value is -1.02. The molecule has 0 aliphatic rings. The summed E-state index contributed by atoms with van der Waals surface area (Å²) >= 11 is 0. The maximum absolute atomic E-state index is 12.3. The molecule has 0 heterocycles. The third kappa shape index (κ3) is 34.3. The van der Waals surface area contributed by atoms with Crippen LogP contribution in [0.4, 0.5) is 0 Å². The summed E-state index contributed by atoms with van der Waals surface area (Å²) in [6.45, 7) is 5.25. The average molecular weight is 674 g/mol. The number of phosphoric ester groups is 1. The highest BCUT2D eigenvalue weighted by Crippen LogP contribution is 2.38. The highest BCUT2D eigenvalue weighted by atomic mass is 31.2. The Morgan fingerprint density at radius 1 is 0.674 bits per heavy atom. The van der Waals surface area contributed by atoms with Crippen molar-refractivity contribution >= 4 is 13.8 Å². The van der Waals surface area contributed by atoms with Gasteiger partial charge in [0.05, 0.1) is 34.4 Å². The largest absolute Gasteiger partial charge is 0.756 e. The molecule has 0 aliphatic carbocycles. The summed E-state index contributed by atoms with van der Waals surface area (Å²) in [7, 11) is 1.35. The molecule has 2 unspecified atom stereocenters. The number of hydrogen-bond acceptors (Lipinski definition) is 7. The second-order valence-electron chi connectivity index (χ2n) is 13.6. The summed E-state index contributed by atoms with van der Waals surface area (Å²) in [4.78, 5) is 24.5. The highest BCUT2D eigenvalue weighted by molar-refractivity contribution is 7.45. The van der Waals surface area contributed by atoms with Gasteiger partial charge >= 0.3 is 5.97 Å². The molecule has 0 aromatic carbocycles. The number of phosphoric acid groups is 1. The molecule has 0 aliphatic heterocycles. The molecule has 46 heavy (non-hydrogen) atoms. The van der Waals surface area contributed by atoms with Crippen LogP contribution in [-0.2, 0) is 27.9 Å². The van der Waals surface area contributed by atoms with Crippen molar-refractivity contribution in [2.75, 3.05) is 54.1 Å². The molecule has 0 N–H and O–H groups in total. The molecule has 0 fully saturated rings. The number of unbranched alkanes of at least 4 members (excludes halogenated alkanes) is 16. The van der Waals surface area contributed by atoms with Gasteiger partial charge in [0.2, 0.25) is 0 Å². The normalized spacial score (nSPS) is 14.3. The van der Waals surface area contributed by atoms with Gasteiger partial charge in [0, 0.05) is 13.0 Å². The lowest BCUT2D eigenvalue weighted by Crippen LogP contribution is -2.37. The first-order valence-corrected chi connectivity index (χ1v) is 20.0. The fourth-order valence-corrected chi connectivity index (χ4v) is 5.54. The van der Waals surface area contributed by atoms with E-state index in [1.807, 2.05) is 21.1 Å². The Morgan fingerprint density at radius 2 is 1.20 bits per heavy atom. The number of ether oxygens (including phenoxy) is 2. The van der Waals surface area contributed by atoms with Crippen molar-refractivity contribution in [3.05, 3.63) is 24.3 Å². The fourth-order valence-electron chi connectivity index (χ4n) is 4.81. The molecule has 0 bridgehead atoms. The van der Waals surface area contributed by atoms with Crippen LogP contribution < -0.4 is 4.89 Å². The monoisotopic (exact) mass is 674 g/mol. The van der Waals surface area contributed by atoms with E-state index >= 15 is 0 Å². The summed E-state index contributed by atoms with van der Waals surface area (Å²) < 4.78 is 34.1. The van der Waals surface area contributed by atoms with Crippen LogP contribution in [0.1, 0.15) is 149 Å². The zero-order valence-corrected chi connectivity index (χ0v) is 31.4. The van der Waals surface area contributed by atoms with Gasteiger partial charge in [-0.15, -0.1) is 0 Å². The minimum Gasteiger partial charge on any atom is -0.756 e. The van der Waals surface area contributed by atoms with Crippen molar-refractivity contribution in [2.24, 2.45) is 0 Å². The molecule has 0 spiro atoms. The molecule has 0 saturated heterocycles. The molecule has 2 atom stereocenters. The van der Waals surface area contributed by atoms with E-state index in [9.17, 15) is 14.3 Å². The Morgan fingerprint density at radius 3 is 1.78 bits per heavy atom. The number of carbonyl (C=O) groups is 1. The maximum Gasteiger partial charge on any atom is 0.306 e. The molecule has 0 amide bonds. The molecule has 9 heteroatoms. The van der Waals surface area contributed by atoms with Crippen LogP contribution in [0, 0.1) is 0 Å². The number of hydrogen-bond donors (Lipinski definition) is 0. The number of likely N-dealkylation sites (N-methyl/N-ethyl adjacent to an activating group) is 1. The standard InChI is InChI=1S/C37H72NO7P/c1-6-8-10-12-13-14-15-16-17-18-19-20-21-22-23-24-25-26-27-29-32-42-34-36(45-37(39)30-28-11-9-7-2)35-44-46(40,41)43-33-31-38(3,4)5/h13-14,16-17,36H,6-12,15,18-35H2,1-5H3/b14-13-,17-16-. The molecular weight excluding hydrogens is 601 g/mol. The molecule has 0 aromatic heterocycles. The van der Waals surface area contributed by atoms with Gasteiger partial charge in [0.1, 0.15) is 19.3 Å². The van der Waals surface area contributed by atoms with Gasteiger partial charge in [0.25, 0.3) is 7.82 Å². The van der Waals surface area contributed by atoms with E-state index in [1.165, 1.54) is 83.5 Å². The Kier molecular flexibility index (Phi) is 30.6. The Bertz CT molecular complexity index is 797. The van der Waals surface area contributed by atoms with Gasteiger partial charge in [-0.05, 0) is 44.9 Å². The summed E-state index contributed by atoms with van der Waals surface area (Å²) in [6, 6.07) is 0. The molecule has 0 saturated carbocycles. The van der Waals surface area contributed by atoms with Crippen LogP contribution in [-0.4, -0.2) is 70.7 Å². The summed E-state index contributed by atoms with van der Waals surface area (Å²) in [5.74, 6) is -0.353. The van der Waals surface area contributed by atoms with Gasteiger partial charge in [-0.3, -0.25) is 9.36 Å². The SMILES string of the molecule is CCCCC/C=C\C/C=C\CCCCCCCCCCCCOCC(COP(=O)([O-])OCC[N+](C)(C)C)OC(=O)CCCCCC. The third-order valence-corrected chi connectivity index (χ3v) is 8.72. The van der Waals surface area contributed by atoms with E-state index < -0.39 is 13.9 Å². The second-order valence-corrected chi connectivity index (χ2v) is 15.0. The first kappa shape index (κ1) is 45.0. The number of nitrogens with zero attached hydrogens (tertiary/aromatic N) is 1. The molecule has 0 rings (SSSR count). The maximum atomic E-state index is 12.3. The lowest BCUT2D eigenvalue weighted by Gasteiger charge is -2.28. The van der Waals surface area contributed by atoms with E-state index in [2.05, 4.69) is 38.2 Å². The van der Waals surface area contributed by atoms with Crippen LogP contribution in [0.25, 0.3) is 0 Å². The summed E-state index contributed by atoms with van der Waals surface area (Å²) in [5, 5.41) is 0. The summed E-state index contributed by atoms with van der Waals surface area (Å²) in [6.07, 6.45) is 32.4. The Balaban J connectivity index is 4.00. The van der Waals surface area contributed by atoms with E-state index in [1.54, 1.807) is 0 Å². The van der Waals surface area contributed by atoms with Crippen molar-refractivity contribution in [2.45, 2.75) is 155 Å². The number of allylic oxidation sites excluding steroid dienone is 4. The first-order chi connectivity index (χ1) is 22.1. The second kappa shape index (κ2) is 31.3.